The standard InChI is InChI=1S/C19H19N5O/c1-14-22-17(19(25)21-13-15-8-6-7-11-20-15)12-18(23-14)24(2)16-9-4-3-5-10-16/h3-12H,13H2,1-2H3,(H,21,25). The van der Waals surface area contributed by atoms with Gasteiger partial charge < -0.3 is 10.2 Å². The second-order valence-electron chi connectivity index (χ2n) is 5.56. The van der Waals surface area contributed by atoms with E-state index in [4.69, 9.17) is 0 Å². The van der Waals surface area contributed by atoms with Crippen LogP contribution < -0.4 is 10.2 Å². The lowest BCUT2D eigenvalue weighted by molar-refractivity contribution is 0.0945. The number of nitrogens with one attached hydrogen (secondary N) is 1. The van der Waals surface area contributed by atoms with E-state index < -0.39 is 0 Å². The summed E-state index contributed by atoms with van der Waals surface area (Å²) in [5, 5.41) is 2.84. The van der Waals surface area contributed by atoms with Gasteiger partial charge in [0.25, 0.3) is 5.91 Å². The highest BCUT2D eigenvalue weighted by atomic mass is 16.1. The van der Waals surface area contributed by atoms with Crippen LogP contribution in [0, 0.1) is 6.92 Å². The third-order valence-electron chi connectivity index (χ3n) is 3.70. The van der Waals surface area contributed by atoms with E-state index in [2.05, 4.69) is 20.3 Å². The lowest BCUT2D eigenvalue weighted by atomic mass is 10.2. The van der Waals surface area contributed by atoms with Crippen molar-refractivity contribution in [2.45, 2.75) is 13.5 Å². The molecule has 0 saturated heterocycles. The lowest BCUT2D eigenvalue weighted by Gasteiger charge is -2.19. The first-order valence-electron chi connectivity index (χ1n) is 7.96. The molecule has 0 aliphatic carbocycles. The van der Waals surface area contributed by atoms with Gasteiger partial charge >= 0.3 is 0 Å². The van der Waals surface area contributed by atoms with Crippen molar-refractivity contribution in [1.29, 1.82) is 0 Å². The molecular weight excluding hydrogens is 314 g/mol. The number of aryl methyl sites for hydroxylation is 1. The highest BCUT2D eigenvalue weighted by Gasteiger charge is 2.13. The van der Waals surface area contributed by atoms with E-state index >= 15 is 0 Å². The first-order valence-corrected chi connectivity index (χ1v) is 7.96. The van der Waals surface area contributed by atoms with E-state index in [1.807, 2.05) is 60.5 Å². The smallest absolute Gasteiger partial charge is 0.270 e. The van der Waals surface area contributed by atoms with Gasteiger partial charge in [-0.15, -0.1) is 0 Å². The SMILES string of the molecule is Cc1nc(C(=O)NCc2ccccn2)cc(N(C)c2ccccc2)n1. The number of benzene rings is 1. The number of hydrogen-bond acceptors (Lipinski definition) is 5. The number of hydrogen-bond donors (Lipinski definition) is 1. The molecule has 0 bridgehead atoms. The van der Waals surface area contributed by atoms with Crippen LogP contribution in [0.15, 0.2) is 60.8 Å². The van der Waals surface area contributed by atoms with Crippen molar-refractivity contribution >= 4 is 17.4 Å². The Morgan fingerprint density at radius 2 is 1.84 bits per heavy atom. The number of carbonyl (C=O) groups is 1. The van der Waals surface area contributed by atoms with Crippen LogP contribution >= 0.6 is 0 Å². The molecule has 6 nitrogen and oxygen atoms in total. The van der Waals surface area contributed by atoms with Gasteiger partial charge in [0.05, 0.1) is 12.2 Å². The van der Waals surface area contributed by atoms with Crippen LogP contribution in [-0.4, -0.2) is 27.9 Å². The Hall–Kier alpha value is -3.28. The van der Waals surface area contributed by atoms with Gasteiger partial charge in [0, 0.05) is 25.0 Å². The number of amides is 1. The maximum Gasteiger partial charge on any atom is 0.270 e. The minimum absolute atomic E-state index is 0.251. The van der Waals surface area contributed by atoms with E-state index in [1.165, 1.54) is 0 Å². The van der Waals surface area contributed by atoms with Crippen molar-refractivity contribution in [1.82, 2.24) is 20.3 Å². The second-order valence-corrected chi connectivity index (χ2v) is 5.56. The van der Waals surface area contributed by atoms with Crippen molar-refractivity contribution < 1.29 is 4.79 Å². The number of para-hydroxylation sites is 1. The molecule has 0 aliphatic rings. The Morgan fingerprint density at radius 3 is 2.56 bits per heavy atom. The Balaban J connectivity index is 1.78. The Bertz CT molecular complexity index is 852. The van der Waals surface area contributed by atoms with Crippen LogP contribution in [0.3, 0.4) is 0 Å². The molecule has 6 heteroatoms. The van der Waals surface area contributed by atoms with Crippen LogP contribution in [0.25, 0.3) is 0 Å². The molecule has 126 valence electrons. The highest BCUT2D eigenvalue weighted by molar-refractivity contribution is 5.93. The fourth-order valence-electron chi connectivity index (χ4n) is 2.39. The summed E-state index contributed by atoms with van der Waals surface area (Å²) in [6.07, 6.45) is 1.70. The molecule has 0 saturated carbocycles. The maximum atomic E-state index is 12.4. The zero-order valence-corrected chi connectivity index (χ0v) is 14.2. The predicted molar refractivity (Wildman–Crippen MR) is 96.7 cm³/mol. The molecule has 0 unspecified atom stereocenters. The molecule has 0 spiro atoms. The monoisotopic (exact) mass is 333 g/mol. The third kappa shape index (κ3) is 4.17. The fraction of sp³-hybridized carbons (Fsp3) is 0.158. The minimum Gasteiger partial charge on any atom is -0.345 e. The van der Waals surface area contributed by atoms with Gasteiger partial charge in [0.2, 0.25) is 0 Å². The lowest BCUT2D eigenvalue weighted by Crippen LogP contribution is -2.25. The van der Waals surface area contributed by atoms with E-state index in [0.29, 0.717) is 23.9 Å². The van der Waals surface area contributed by atoms with E-state index in [9.17, 15) is 4.79 Å². The van der Waals surface area contributed by atoms with E-state index in [0.717, 1.165) is 11.4 Å². The predicted octanol–water partition coefficient (Wildman–Crippen LogP) is 2.88. The van der Waals surface area contributed by atoms with Crippen molar-refractivity contribution in [2.24, 2.45) is 0 Å². The van der Waals surface area contributed by atoms with Gasteiger partial charge in [-0.1, -0.05) is 24.3 Å². The molecule has 0 radical (unpaired) electrons. The number of rotatable bonds is 5. The Kier molecular flexibility index (Phi) is 4.99. The highest BCUT2D eigenvalue weighted by Crippen LogP contribution is 2.21. The van der Waals surface area contributed by atoms with Crippen LogP contribution in [0.5, 0.6) is 0 Å². The molecule has 3 aromatic rings. The number of pyridine rings is 1. The first-order chi connectivity index (χ1) is 12.1. The summed E-state index contributed by atoms with van der Waals surface area (Å²) in [6.45, 7) is 2.13. The zero-order valence-electron chi connectivity index (χ0n) is 14.2. The van der Waals surface area contributed by atoms with Gasteiger partial charge in [-0.3, -0.25) is 9.78 Å². The van der Waals surface area contributed by atoms with E-state index in [-0.39, 0.29) is 5.91 Å². The molecular formula is C19H19N5O. The normalized spacial score (nSPS) is 10.3. The molecule has 2 heterocycles. The molecule has 25 heavy (non-hydrogen) atoms. The molecule has 1 N–H and O–H groups in total. The summed E-state index contributed by atoms with van der Waals surface area (Å²) in [7, 11) is 1.91. The largest absolute Gasteiger partial charge is 0.345 e. The van der Waals surface area contributed by atoms with Crippen LogP contribution in [0.2, 0.25) is 0 Å². The van der Waals surface area contributed by atoms with Crippen LogP contribution in [0.4, 0.5) is 11.5 Å². The van der Waals surface area contributed by atoms with Crippen LogP contribution in [-0.2, 0) is 6.54 Å². The molecule has 2 aromatic heterocycles. The summed E-state index contributed by atoms with van der Waals surface area (Å²) in [6, 6.07) is 17.1. The number of anilines is 2. The Labute approximate surface area is 146 Å². The van der Waals surface area contributed by atoms with Crippen molar-refractivity contribution in [2.75, 3.05) is 11.9 Å². The summed E-state index contributed by atoms with van der Waals surface area (Å²) in [5.41, 5.74) is 2.12. The molecule has 0 atom stereocenters. The number of carbonyl (C=O) groups excluding carboxylic acids is 1. The summed E-state index contributed by atoms with van der Waals surface area (Å²) < 4.78 is 0. The van der Waals surface area contributed by atoms with Crippen LogP contribution in [0.1, 0.15) is 22.0 Å². The van der Waals surface area contributed by atoms with Gasteiger partial charge in [0.1, 0.15) is 17.3 Å². The topological polar surface area (TPSA) is 71.0 Å². The number of aromatic nitrogens is 3. The summed E-state index contributed by atoms with van der Waals surface area (Å²) in [5.74, 6) is 0.962. The Morgan fingerprint density at radius 1 is 1.08 bits per heavy atom. The van der Waals surface area contributed by atoms with Gasteiger partial charge in [0.15, 0.2) is 0 Å². The minimum atomic E-state index is -0.251. The van der Waals surface area contributed by atoms with Gasteiger partial charge in [-0.25, -0.2) is 9.97 Å². The summed E-state index contributed by atoms with van der Waals surface area (Å²) >= 11 is 0. The average Bonchev–Trinajstić information content (AvgIpc) is 2.66. The third-order valence-corrected chi connectivity index (χ3v) is 3.70. The molecule has 0 aliphatic heterocycles. The first kappa shape index (κ1) is 16.6. The molecule has 3 rings (SSSR count). The van der Waals surface area contributed by atoms with Crippen molar-refractivity contribution in [3.63, 3.8) is 0 Å². The fourth-order valence-corrected chi connectivity index (χ4v) is 2.39. The molecule has 0 fully saturated rings. The van der Waals surface area contributed by atoms with Crippen molar-refractivity contribution in [3.05, 3.63) is 78.0 Å². The molecule has 1 aromatic carbocycles. The van der Waals surface area contributed by atoms with Gasteiger partial charge in [-0.2, -0.15) is 0 Å². The van der Waals surface area contributed by atoms with Crippen molar-refractivity contribution in [3.8, 4) is 0 Å². The van der Waals surface area contributed by atoms with E-state index in [1.54, 1.807) is 19.2 Å². The average molecular weight is 333 g/mol. The summed E-state index contributed by atoms with van der Waals surface area (Å²) in [4.78, 5) is 27.2. The quantitative estimate of drug-likeness (QED) is 0.777. The zero-order chi connectivity index (χ0) is 17.6. The number of nitrogens with zero attached hydrogens (tertiary/aromatic N) is 4. The van der Waals surface area contributed by atoms with Gasteiger partial charge in [-0.05, 0) is 31.2 Å². The molecule has 1 amide bonds. The second kappa shape index (κ2) is 7.53. The maximum absolute atomic E-state index is 12.4.